The number of nitrogens with two attached hydrogens (primary N) is 1. The molecule has 0 radical (unpaired) electrons. The van der Waals surface area contributed by atoms with Crippen LogP contribution in [0.25, 0.3) is 0 Å². The fourth-order valence-corrected chi connectivity index (χ4v) is 1.96. The second kappa shape index (κ2) is 5.60. The zero-order valence-corrected chi connectivity index (χ0v) is 10.7. The first-order valence-electron chi connectivity index (χ1n) is 6.55. The minimum Gasteiger partial charge on any atom is -0.338 e. The Balaban J connectivity index is 1.85. The fraction of sp³-hybridized carbons (Fsp3) is 0.833. The molecule has 1 heterocycles. The van der Waals surface area contributed by atoms with Gasteiger partial charge in [-0.25, -0.2) is 0 Å². The van der Waals surface area contributed by atoms with Crippen LogP contribution in [0.4, 0.5) is 0 Å². The van der Waals surface area contributed by atoms with E-state index in [-0.39, 0.29) is 6.04 Å². The topological polar surface area (TPSA) is 68.2 Å². The van der Waals surface area contributed by atoms with E-state index >= 15 is 0 Å². The van der Waals surface area contributed by atoms with Gasteiger partial charge in [-0.3, -0.25) is 0 Å². The summed E-state index contributed by atoms with van der Waals surface area (Å²) in [5.41, 5.74) is 6.02. The van der Waals surface area contributed by atoms with E-state index in [2.05, 4.69) is 28.9 Å². The van der Waals surface area contributed by atoms with Crippen molar-refractivity contribution >= 4 is 0 Å². The van der Waals surface area contributed by atoms with Crippen molar-refractivity contribution in [1.29, 1.82) is 0 Å². The summed E-state index contributed by atoms with van der Waals surface area (Å²) in [4.78, 5) is 6.73. The van der Waals surface area contributed by atoms with Gasteiger partial charge in [0.25, 0.3) is 0 Å². The highest BCUT2D eigenvalue weighted by atomic mass is 16.5. The van der Waals surface area contributed by atoms with E-state index < -0.39 is 0 Å². The van der Waals surface area contributed by atoms with Gasteiger partial charge in [0.15, 0.2) is 5.82 Å². The molecule has 2 rings (SSSR count). The lowest BCUT2D eigenvalue weighted by Crippen LogP contribution is -2.25. The van der Waals surface area contributed by atoms with Gasteiger partial charge >= 0.3 is 0 Å². The van der Waals surface area contributed by atoms with Crippen molar-refractivity contribution in [2.75, 3.05) is 19.6 Å². The van der Waals surface area contributed by atoms with Gasteiger partial charge in [-0.1, -0.05) is 19.0 Å². The first-order valence-corrected chi connectivity index (χ1v) is 6.55. The zero-order chi connectivity index (χ0) is 12.3. The van der Waals surface area contributed by atoms with Crippen LogP contribution in [-0.4, -0.2) is 34.7 Å². The SMILES string of the molecule is CCN(CC)CCc1noc(C(N)C2CC2)n1. The minimum atomic E-state index is -0.0512. The van der Waals surface area contributed by atoms with Crippen molar-refractivity contribution in [2.45, 2.75) is 39.2 Å². The molecule has 0 aliphatic heterocycles. The maximum Gasteiger partial charge on any atom is 0.243 e. The fourth-order valence-electron chi connectivity index (χ4n) is 1.96. The average molecular weight is 238 g/mol. The van der Waals surface area contributed by atoms with Gasteiger partial charge in [0.2, 0.25) is 5.89 Å². The predicted molar refractivity (Wildman–Crippen MR) is 65.4 cm³/mol. The second-order valence-corrected chi connectivity index (χ2v) is 4.69. The van der Waals surface area contributed by atoms with Gasteiger partial charge in [-0.2, -0.15) is 4.98 Å². The average Bonchev–Trinajstić information content (AvgIpc) is 3.09. The van der Waals surface area contributed by atoms with Crippen LogP contribution in [0.5, 0.6) is 0 Å². The number of rotatable bonds is 7. The Morgan fingerprint density at radius 1 is 1.41 bits per heavy atom. The van der Waals surface area contributed by atoms with Crippen molar-refractivity contribution in [2.24, 2.45) is 11.7 Å². The maximum atomic E-state index is 6.02. The Morgan fingerprint density at radius 2 is 2.12 bits per heavy atom. The number of nitrogens with zero attached hydrogens (tertiary/aromatic N) is 3. The summed E-state index contributed by atoms with van der Waals surface area (Å²) in [6.07, 6.45) is 3.22. The molecule has 5 nitrogen and oxygen atoms in total. The smallest absolute Gasteiger partial charge is 0.243 e. The van der Waals surface area contributed by atoms with E-state index in [1.165, 1.54) is 12.8 Å². The lowest BCUT2D eigenvalue weighted by molar-refractivity contribution is 0.301. The number of aromatic nitrogens is 2. The van der Waals surface area contributed by atoms with E-state index in [0.717, 1.165) is 31.9 Å². The monoisotopic (exact) mass is 238 g/mol. The van der Waals surface area contributed by atoms with E-state index in [1.54, 1.807) is 0 Å². The van der Waals surface area contributed by atoms with Crippen LogP contribution in [0.3, 0.4) is 0 Å². The molecular weight excluding hydrogens is 216 g/mol. The van der Waals surface area contributed by atoms with E-state index in [4.69, 9.17) is 10.3 Å². The molecule has 1 aromatic heterocycles. The van der Waals surface area contributed by atoms with Crippen molar-refractivity contribution < 1.29 is 4.52 Å². The molecule has 5 heteroatoms. The van der Waals surface area contributed by atoms with Gasteiger partial charge < -0.3 is 15.2 Å². The highest BCUT2D eigenvalue weighted by molar-refractivity contribution is 4.98. The molecular formula is C12H22N4O. The lowest BCUT2D eigenvalue weighted by Gasteiger charge is -2.16. The molecule has 1 saturated carbocycles. The normalized spacial score (nSPS) is 17.6. The Labute approximate surface area is 102 Å². The molecule has 0 amide bonds. The maximum absolute atomic E-state index is 6.02. The Bertz CT molecular complexity index is 344. The van der Waals surface area contributed by atoms with Crippen LogP contribution < -0.4 is 5.73 Å². The predicted octanol–water partition coefficient (Wildman–Crippen LogP) is 1.36. The van der Waals surface area contributed by atoms with Crippen LogP contribution in [0.1, 0.15) is 44.4 Å². The largest absolute Gasteiger partial charge is 0.338 e. The quantitative estimate of drug-likeness (QED) is 0.777. The Morgan fingerprint density at radius 3 is 2.71 bits per heavy atom. The summed E-state index contributed by atoms with van der Waals surface area (Å²) < 4.78 is 5.22. The molecule has 2 N–H and O–H groups in total. The van der Waals surface area contributed by atoms with Crippen LogP contribution in [0.2, 0.25) is 0 Å². The third-order valence-electron chi connectivity index (χ3n) is 3.44. The van der Waals surface area contributed by atoms with Crippen molar-refractivity contribution in [3.63, 3.8) is 0 Å². The third kappa shape index (κ3) is 3.26. The summed E-state index contributed by atoms with van der Waals surface area (Å²) in [6.45, 7) is 7.42. The first kappa shape index (κ1) is 12.5. The summed E-state index contributed by atoms with van der Waals surface area (Å²) in [6, 6.07) is -0.0512. The summed E-state index contributed by atoms with van der Waals surface area (Å²) >= 11 is 0. The van der Waals surface area contributed by atoms with E-state index in [1.807, 2.05) is 0 Å². The Hall–Kier alpha value is -0.940. The standard InChI is InChI=1S/C12H22N4O/c1-3-16(4-2)8-7-10-14-12(17-15-10)11(13)9-5-6-9/h9,11H,3-8,13H2,1-2H3. The first-order chi connectivity index (χ1) is 8.24. The van der Waals surface area contributed by atoms with Gasteiger partial charge in [-0.15, -0.1) is 0 Å². The molecule has 1 aliphatic rings. The lowest BCUT2D eigenvalue weighted by atomic mass is 10.2. The van der Waals surface area contributed by atoms with Gasteiger partial charge in [0, 0.05) is 13.0 Å². The highest BCUT2D eigenvalue weighted by Gasteiger charge is 2.33. The van der Waals surface area contributed by atoms with Crippen molar-refractivity contribution in [1.82, 2.24) is 15.0 Å². The molecule has 17 heavy (non-hydrogen) atoms. The number of hydrogen-bond acceptors (Lipinski definition) is 5. The zero-order valence-electron chi connectivity index (χ0n) is 10.7. The summed E-state index contributed by atoms with van der Waals surface area (Å²) in [7, 11) is 0. The second-order valence-electron chi connectivity index (χ2n) is 4.69. The van der Waals surface area contributed by atoms with Crippen LogP contribution in [0.15, 0.2) is 4.52 Å². The highest BCUT2D eigenvalue weighted by Crippen LogP contribution is 2.38. The van der Waals surface area contributed by atoms with Crippen molar-refractivity contribution in [3.05, 3.63) is 11.7 Å². The van der Waals surface area contributed by atoms with E-state index in [0.29, 0.717) is 11.8 Å². The molecule has 1 aromatic rings. The molecule has 1 unspecified atom stereocenters. The van der Waals surface area contributed by atoms with Crippen LogP contribution >= 0.6 is 0 Å². The summed E-state index contributed by atoms with van der Waals surface area (Å²) in [5.74, 6) is 1.95. The van der Waals surface area contributed by atoms with Gasteiger partial charge in [0.1, 0.15) is 0 Å². The van der Waals surface area contributed by atoms with Crippen molar-refractivity contribution in [3.8, 4) is 0 Å². The van der Waals surface area contributed by atoms with Gasteiger partial charge in [0.05, 0.1) is 6.04 Å². The van der Waals surface area contributed by atoms with Gasteiger partial charge in [-0.05, 0) is 31.8 Å². The molecule has 0 bridgehead atoms. The van der Waals surface area contributed by atoms with Crippen LogP contribution in [-0.2, 0) is 6.42 Å². The molecule has 0 aromatic carbocycles. The molecule has 1 aliphatic carbocycles. The number of hydrogen-bond donors (Lipinski definition) is 1. The minimum absolute atomic E-state index is 0.0512. The molecule has 96 valence electrons. The molecule has 0 spiro atoms. The van der Waals surface area contributed by atoms with Crippen LogP contribution in [0, 0.1) is 5.92 Å². The molecule has 1 atom stereocenters. The number of likely N-dealkylation sites (N-methyl/N-ethyl adjacent to an activating group) is 1. The third-order valence-corrected chi connectivity index (χ3v) is 3.44. The molecule has 1 fully saturated rings. The van der Waals surface area contributed by atoms with E-state index in [9.17, 15) is 0 Å². The Kier molecular flexibility index (Phi) is 4.12. The molecule has 0 saturated heterocycles. The summed E-state index contributed by atoms with van der Waals surface area (Å²) in [5, 5.41) is 4.00.